The van der Waals surface area contributed by atoms with E-state index in [0.717, 1.165) is 6.42 Å². The van der Waals surface area contributed by atoms with E-state index in [-0.39, 0.29) is 5.69 Å². The normalized spacial score (nSPS) is 28.9. The fourth-order valence-corrected chi connectivity index (χ4v) is 2.02. The Hall–Kier alpha value is -1.50. The van der Waals surface area contributed by atoms with E-state index in [2.05, 4.69) is 0 Å². The highest BCUT2D eigenvalue weighted by atomic mass is 16.6. The maximum absolute atomic E-state index is 12.2. The number of nitro benzene ring substituents is 1. The third kappa shape index (κ3) is 2.44. The molecule has 6 heteroatoms. The fourth-order valence-electron chi connectivity index (χ4n) is 2.02. The van der Waals surface area contributed by atoms with Crippen LogP contribution < -0.4 is 0 Å². The molecule has 2 atom stereocenters. The highest BCUT2D eigenvalue weighted by molar-refractivity contribution is 5.33. The second kappa shape index (κ2) is 4.40. The van der Waals surface area contributed by atoms with Gasteiger partial charge in [-0.3, -0.25) is 10.1 Å². The van der Waals surface area contributed by atoms with Gasteiger partial charge in [0.05, 0.1) is 25.1 Å². The number of hydrogen-bond donors (Lipinski definition) is 0. The van der Waals surface area contributed by atoms with E-state index >= 15 is 0 Å². The van der Waals surface area contributed by atoms with Gasteiger partial charge in [-0.05, 0) is 12.1 Å². The van der Waals surface area contributed by atoms with Crippen molar-refractivity contribution in [3.63, 3.8) is 0 Å². The van der Waals surface area contributed by atoms with Gasteiger partial charge in [-0.15, -0.1) is 0 Å². The van der Waals surface area contributed by atoms with Crippen molar-refractivity contribution in [3.8, 4) is 0 Å². The van der Waals surface area contributed by atoms with Crippen LogP contribution in [-0.4, -0.2) is 29.8 Å². The van der Waals surface area contributed by atoms with Crippen molar-refractivity contribution in [1.29, 1.82) is 0 Å². The molecule has 1 heterocycles. The summed E-state index contributed by atoms with van der Waals surface area (Å²) in [6, 6.07) is 5.96. The van der Waals surface area contributed by atoms with Crippen LogP contribution in [0.3, 0.4) is 0 Å². The summed E-state index contributed by atoms with van der Waals surface area (Å²) in [4.78, 5) is 10.1. The quantitative estimate of drug-likeness (QED) is 0.341. The molecule has 1 aromatic carbocycles. The minimum absolute atomic E-state index is 0.0182. The molecule has 1 fully saturated rings. The molecular weight excluding hydrogens is 224 g/mol. The van der Waals surface area contributed by atoms with E-state index in [9.17, 15) is 15.3 Å². The van der Waals surface area contributed by atoms with E-state index in [4.69, 9.17) is 4.74 Å². The van der Waals surface area contributed by atoms with Gasteiger partial charge in [-0.1, -0.05) is 0 Å². The van der Waals surface area contributed by atoms with Crippen molar-refractivity contribution in [3.05, 3.63) is 45.2 Å². The Balaban J connectivity index is 2.24. The van der Waals surface area contributed by atoms with Crippen molar-refractivity contribution in [2.45, 2.75) is 12.6 Å². The van der Waals surface area contributed by atoms with Crippen LogP contribution in [0.4, 0.5) is 5.69 Å². The van der Waals surface area contributed by atoms with Gasteiger partial charge < -0.3 is 14.6 Å². The minimum Gasteiger partial charge on any atom is -0.631 e. The molecule has 0 N–H and O–H groups in total. The lowest BCUT2D eigenvalue weighted by Crippen LogP contribution is -2.47. The van der Waals surface area contributed by atoms with E-state index in [0.29, 0.717) is 18.7 Å². The smallest absolute Gasteiger partial charge is 0.269 e. The van der Waals surface area contributed by atoms with Gasteiger partial charge in [0.2, 0.25) is 6.23 Å². The first-order valence-corrected chi connectivity index (χ1v) is 5.43. The Morgan fingerprint density at radius 1 is 1.41 bits per heavy atom. The third-order valence-electron chi connectivity index (χ3n) is 2.91. The molecule has 0 aliphatic carbocycles. The maximum atomic E-state index is 12.2. The van der Waals surface area contributed by atoms with Crippen LogP contribution in [0.15, 0.2) is 24.3 Å². The van der Waals surface area contributed by atoms with Gasteiger partial charge in [-0.2, -0.15) is 0 Å². The number of non-ortho nitro benzene ring substituents is 1. The number of nitrogens with zero attached hydrogens (tertiary/aromatic N) is 2. The monoisotopic (exact) mass is 238 g/mol. The van der Waals surface area contributed by atoms with Crippen molar-refractivity contribution in [2.24, 2.45) is 0 Å². The summed E-state index contributed by atoms with van der Waals surface area (Å²) in [5.74, 6) is 0. The van der Waals surface area contributed by atoms with E-state index in [1.165, 1.54) is 12.1 Å². The number of benzene rings is 1. The SMILES string of the molecule is C[N+]1([O-])CCCOC1c1ccc([N+](=O)[O-])cc1. The van der Waals surface area contributed by atoms with Gasteiger partial charge in [0, 0.05) is 24.1 Å². The molecule has 0 saturated carbocycles. The molecular formula is C11H14N2O4. The zero-order chi connectivity index (χ0) is 12.5. The van der Waals surface area contributed by atoms with Crippen molar-refractivity contribution < 1.29 is 14.3 Å². The molecule has 17 heavy (non-hydrogen) atoms. The van der Waals surface area contributed by atoms with Crippen LogP contribution in [0, 0.1) is 15.3 Å². The molecule has 0 bridgehead atoms. The zero-order valence-electron chi connectivity index (χ0n) is 9.54. The second-order valence-electron chi connectivity index (χ2n) is 4.32. The Labute approximate surface area is 98.7 Å². The fraction of sp³-hybridized carbons (Fsp3) is 0.455. The summed E-state index contributed by atoms with van der Waals surface area (Å²) >= 11 is 0. The Kier molecular flexibility index (Phi) is 3.10. The lowest BCUT2D eigenvalue weighted by atomic mass is 10.1. The van der Waals surface area contributed by atoms with Gasteiger partial charge >= 0.3 is 0 Å². The van der Waals surface area contributed by atoms with Crippen LogP contribution >= 0.6 is 0 Å². The number of hydroxylamine groups is 3. The molecule has 2 rings (SSSR count). The summed E-state index contributed by atoms with van der Waals surface area (Å²) in [6.07, 6.45) is 0.160. The third-order valence-corrected chi connectivity index (χ3v) is 2.91. The Morgan fingerprint density at radius 3 is 2.59 bits per heavy atom. The van der Waals surface area contributed by atoms with Crippen LogP contribution in [0.1, 0.15) is 18.2 Å². The molecule has 92 valence electrons. The van der Waals surface area contributed by atoms with Gasteiger partial charge in [0.1, 0.15) is 0 Å². The maximum Gasteiger partial charge on any atom is 0.269 e. The average molecular weight is 238 g/mol. The molecule has 0 radical (unpaired) electrons. The van der Waals surface area contributed by atoms with Crippen LogP contribution in [-0.2, 0) is 4.74 Å². The molecule has 1 aliphatic rings. The zero-order valence-corrected chi connectivity index (χ0v) is 9.54. The first kappa shape index (κ1) is 12.0. The average Bonchev–Trinajstić information content (AvgIpc) is 2.28. The summed E-state index contributed by atoms with van der Waals surface area (Å²) in [5, 5.41) is 22.7. The molecule has 1 aliphatic heterocycles. The van der Waals surface area contributed by atoms with E-state index < -0.39 is 15.8 Å². The Morgan fingerprint density at radius 2 is 2.06 bits per heavy atom. The molecule has 1 saturated heterocycles. The summed E-state index contributed by atoms with van der Waals surface area (Å²) in [6.45, 7) is 1.05. The van der Waals surface area contributed by atoms with Gasteiger partial charge in [-0.25, -0.2) is 0 Å². The number of hydrogen-bond acceptors (Lipinski definition) is 4. The van der Waals surface area contributed by atoms with Gasteiger partial charge in [0.25, 0.3) is 5.69 Å². The molecule has 0 aromatic heterocycles. The predicted molar refractivity (Wildman–Crippen MR) is 60.8 cm³/mol. The summed E-state index contributed by atoms with van der Waals surface area (Å²) in [5.41, 5.74) is 0.706. The summed E-state index contributed by atoms with van der Waals surface area (Å²) in [7, 11) is 1.56. The molecule has 1 aromatic rings. The molecule has 2 unspecified atom stereocenters. The largest absolute Gasteiger partial charge is 0.631 e. The molecule has 0 spiro atoms. The van der Waals surface area contributed by atoms with Crippen LogP contribution in [0.25, 0.3) is 0 Å². The van der Waals surface area contributed by atoms with Crippen molar-refractivity contribution in [2.75, 3.05) is 20.2 Å². The lowest BCUT2D eigenvalue weighted by Gasteiger charge is -2.47. The first-order chi connectivity index (χ1) is 8.00. The number of ether oxygens (including phenoxy) is 1. The van der Waals surface area contributed by atoms with Crippen molar-refractivity contribution in [1.82, 2.24) is 0 Å². The standard InChI is InChI=1S/C11H14N2O4/c1-13(16)7-2-8-17-11(13)9-3-5-10(6-4-9)12(14)15/h3-6,11H,2,7-8H2,1H3. The first-order valence-electron chi connectivity index (χ1n) is 5.43. The van der Waals surface area contributed by atoms with Crippen LogP contribution in [0.2, 0.25) is 0 Å². The molecule has 0 amide bonds. The highest BCUT2D eigenvalue weighted by Gasteiger charge is 2.31. The predicted octanol–water partition coefficient (Wildman–Crippen LogP) is 1.96. The second-order valence-corrected chi connectivity index (χ2v) is 4.32. The van der Waals surface area contributed by atoms with Crippen molar-refractivity contribution >= 4 is 5.69 Å². The number of quaternary nitrogens is 1. The molecule has 6 nitrogen and oxygen atoms in total. The topological polar surface area (TPSA) is 75.4 Å². The van der Waals surface area contributed by atoms with E-state index in [1.807, 2.05) is 0 Å². The van der Waals surface area contributed by atoms with Crippen LogP contribution in [0.5, 0.6) is 0 Å². The lowest BCUT2D eigenvalue weighted by molar-refractivity contribution is -0.925. The number of rotatable bonds is 2. The highest BCUT2D eigenvalue weighted by Crippen LogP contribution is 2.31. The number of nitro groups is 1. The van der Waals surface area contributed by atoms with E-state index in [1.54, 1.807) is 19.2 Å². The summed E-state index contributed by atoms with van der Waals surface area (Å²) < 4.78 is 4.98. The Bertz CT molecular complexity index is 416. The minimum atomic E-state index is -0.579. The van der Waals surface area contributed by atoms with Gasteiger partial charge in [0.15, 0.2) is 0 Å².